The molecule has 0 aromatic carbocycles. The number of hydrogen-bond donors (Lipinski definition) is 1. The number of carbonyl (C=O) groups excluding carboxylic acids is 1. The maximum atomic E-state index is 12.7. The Morgan fingerprint density at radius 3 is 2.70 bits per heavy atom. The van der Waals surface area contributed by atoms with Crippen LogP contribution in [0, 0.1) is 5.41 Å². The van der Waals surface area contributed by atoms with Gasteiger partial charge in [-0.25, -0.2) is 9.50 Å². The predicted molar refractivity (Wildman–Crippen MR) is 62.5 cm³/mol. The van der Waals surface area contributed by atoms with E-state index in [2.05, 4.69) is 20.4 Å². The van der Waals surface area contributed by atoms with Crippen molar-refractivity contribution >= 4 is 11.7 Å². The van der Waals surface area contributed by atoms with Gasteiger partial charge in [-0.05, 0) is 19.9 Å². The van der Waals surface area contributed by atoms with Gasteiger partial charge in [0.05, 0.1) is 6.54 Å². The number of hydrogen-bond acceptors (Lipinski definition) is 4. The van der Waals surface area contributed by atoms with Gasteiger partial charge in [-0.2, -0.15) is 18.2 Å². The van der Waals surface area contributed by atoms with E-state index < -0.39 is 17.5 Å². The topological polar surface area (TPSA) is 72.2 Å². The largest absolute Gasteiger partial charge is 0.402 e. The Balaban J connectivity index is 2.07. The number of carbonyl (C=O) groups is 1. The third-order valence-corrected chi connectivity index (χ3v) is 2.84. The Hall–Kier alpha value is -2.19. The van der Waals surface area contributed by atoms with E-state index in [0.29, 0.717) is 5.78 Å². The van der Waals surface area contributed by atoms with E-state index in [0.717, 1.165) is 13.8 Å². The summed E-state index contributed by atoms with van der Waals surface area (Å²) in [5.74, 6) is -0.626. The molecule has 0 spiro atoms. The monoisotopic (exact) mass is 287 g/mol. The van der Waals surface area contributed by atoms with Crippen molar-refractivity contribution in [2.24, 2.45) is 5.41 Å². The second-order valence-electron chi connectivity index (χ2n) is 4.70. The van der Waals surface area contributed by atoms with Crippen molar-refractivity contribution in [1.82, 2.24) is 24.9 Å². The molecule has 108 valence electrons. The molecule has 2 aromatic rings. The lowest BCUT2D eigenvalue weighted by molar-refractivity contribution is -0.211. The van der Waals surface area contributed by atoms with Crippen molar-refractivity contribution in [3.8, 4) is 0 Å². The Morgan fingerprint density at radius 2 is 2.10 bits per heavy atom. The molecule has 0 fully saturated rings. The van der Waals surface area contributed by atoms with Gasteiger partial charge >= 0.3 is 6.18 Å². The molecule has 1 amide bonds. The Morgan fingerprint density at radius 1 is 1.40 bits per heavy atom. The second-order valence-corrected chi connectivity index (χ2v) is 4.70. The lowest BCUT2D eigenvalue weighted by Gasteiger charge is -2.25. The first-order chi connectivity index (χ1) is 9.22. The predicted octanol–water partition coefficient (Wildman–Crippen LogP) is 1.33. The molecule has 0 atom stereocenters. The molecule has 20 heavy (non-hydrogen) atoms. The van der Waals surface area contributed by atoms with E-state index in [1.807, 2.05) is 0 Å². The molecule has 0 unspecified atom stereocenters. The summed E-state index contributed by atoms with van der Waals surface area (Å²) in [6.45, 7) is 1.45. The minimum atomic E-state index is -4.62. The van der Waals surface area contributed by atoms with Crippen molar-refractivity contribution < 1.29 is 18.0 Å². The van der Waals surface area contributed by atoms with E-state index in [4.69, 9.17) is 0 Å². The molecular weight excluding hydrogens is 275 g/mol. The lowest BCUT2D eigenvalue weighted by atomic mass is 9.91. The molecule has 2 aromatic heterocycles. The number of rotatable bonds is 3. The first-order valence-electron chi connectivity index (χ1n) is 5.73. The maximum Gasteiger partial charge on any atom is 0.402 e. The van der Waals surface area contributed by atoms with Crippen LogP contribution in [0.25, 0.3) is 5.78 Å². The number of nitrogens with zero attached hydrogens (tertiary/aromatic N) is 4. The highest BCUT2D eigenvalue weighted by Crippen LogP contribution is 2.37. The summed E-state index contributed by atoms with van der Waals surface area (Å²) in [6, 6.07) is 1.64. The van der Waals surface area contributed by atoms with Gasteiger partial charge in [-0.15, -0.1) is 5.10 Å². The Bertz CT molecular complexity index is 601. The quantitative estimate of drug-likeness (QED) is 0.924. The lowest BCUT2D eigenvalue weighted by Crippen LogP contribution is -2.46. The van der Waals surface area contributed by atoms with E-state index in [1.54, 1.807) is 12.3 Å². The molecule has 2 heterocycles. The number of amides is 1. The van der Waals surface area contributed by atoms with Gasteiger partial charge < -0.3 is 5.32 Å². The molecule has 2 rings (SSSR count). The van der Waals surface area contributed by atoms with Gasteiger partial charge in [0.15, 0.2) is 5.82 Å². The fourth-order valence-corrected chi connectivity index (χ4v) is 1.36. The van der Waals surface area contributed by atoms with Crippen molar-refractivity contribution in [3.05, 3.63) is 24.3 Å². The van der Waals surface area contributed by atoms with Gasteiger partial charge in [0.2, 0.25) is 5.91 Å². The number of alkyl halides is 3. The van der Waals surface area contributed by atoms with Crippen LogP contribution >= 0.6 is 0 Å². The van der Waals surface area contributed by atoms with Crippen LogP contribution in [-0.4, -0.2) is 31.7 Å². The summed E-state index contributed by atoms with van der Waals surface area (Å²) in [6.07, 6.45) is -1.51. The molecule has 9 heteroatoms. The SMILES string of the molecule is CC(C)(C(=O)NCc1nc2ncccn2n1)C(F)(F)F. The molecule has 0 saturated heterocycles. The van der Waals surface area contributed by atoms with Crippen LogP contribution in [0.3, 0.4) is 0 Å². The van der Waals surface area contributed by atoms with Crippen molar-refractivity contribution in [2.75, 3.05) is 0 Å². The van der Waals surface area contributed by atoms with Crippen LogP contribution < -0.4 is 5.32 Å². The number of aromatic nitrogens is 4. The third kappa shape index (κ3) is 2.56. The van der Waals surface area contributed by atoms with Crippen LogP contribution in [0.15, 0.2) is 18.5 Å². The Labute approximate surface area is 112 Å². The second kappa shape index (κ2) is 4.73. The molecule has 0 aliphatic rings. The summed E-state index contributed by atoms with van der Waals surface area (Å²) >= 11 is 0. The standard InChI is InChI=1S/C11H12F3N5O/c1-10(2,11(12,13)14)8(20)16-6-7-17-9-15-4-3-5-19(9)18-7/h3-5H,6H2,1-2H3,(H,16,20). The molecular formula is C11H12F3N5O. The minimum absolute atomic E-state index is 0.190. The van der Waals surface area contributed by atoms with E-state index >= 15 is 0 Å². The van der Waals surface area contributed by atoms with Gasteiger partial charge in [0.1, 0.15) is 5.41 Å². The highest BCUT2D eigenvalue weighted by atomic mass is 19.4. The molecule has 0 radical (unpaired) electrons. The summed E-state index contributed by atoms with van der Waals surface area (Å²) in [5, 5.41) is 6.16. The van der Waals surface area contributed by atoms with Crippen LogP contribution in [0.1, 0.15) is 19.7 Å². The Kier molecular flexibility index (Phi) is 3.36. The van der Waals surface area contributed by atoms with Crippen LogP contribution in [0.2, 0.25) is 0 Å². The smallest absolute Gasteiger partial charge is 0.348 e. The van der Waals surface area contributed by atoms with E-state index in [-0.39, 0.29) is 12.4 Å². The molecule has 0 aliphatic heterocycles. The van der Waals surface area contributed by atoms with Crippen molar-refractivity contribution in [3.63, 3.8) is 0 Å². The number of fused-ring (bicyclic) bond motifs is 1. The molecule has 0 aliphatic carbocycles. The van der Waals surface area contributed by atoms with Crippen LogP contribution in [0.5, 0.6) is 0 Å². The summed E-state index contributed by atoms with van der Waals surface area (Å²) in [7, 11) is 0. The molecule has 1 N–H and O–H groups in total. The van der Waals surface area contributed by atoms with Gasteiger partial charge in [-0.3, -0.25) is 4.79 Å². The number of halogens is 3. The zero-order chi connectivity index (χ0) is 15.0. The van der Waals surface area contributed by atoms with Gasteiger partial charge in [-0.1, -0.05) is 0 Å². The normalized spacial score (nSPS) is 12.7. The molecule has 0 saturated carbocycles. The zero-order valence-electron chi connectivity index (χ0n) is 10.8. The maximum absolute atomic E-state index is 12.7. The van der Waals surface area contributed by atoms with Crippen molar-refractivity contribution in [1.29, 1.82) is 0 Å². The van der Waals surface area contributed by atoms with Crippen LogP contribution in [0.4, 0.5) is 13.2 Å². The summed E-state index contributed by atoms with van der Waals surface area (Å²) < 4.78 is 39.4. The highest BCUT2D eigenvalue weighted by molar-refractivity contribution is 5.82. The molecule has 6 nitrogen and oxygen atoms in total. The average molecular weight is 287 g/mol. The fraction of sp³-hybridized carbons (Fsp3) is 0.455. The van der Waals surface area contributed by atoms with Crippen LogP contribution in [-0.2, 0) is 11.3 Å². The van der Waals surface area contributed by atoms with Gasteiger partial charge in [0.25, 0.3) is 5.78 Å². The average Bonchev–Trinajstić information content (AvgIpc) is 2.77. The van der Waals surface area contributed by atoms with Crippen molar-refractivity contribution in [2.45, 2.75) is 26.6 Å². The highest BCUT2D eigenvalue weighted by Gasteiger charge is 2.52. The summed E-state index contributed by atoms with van der Waals surface area (Å²) in [4.78, 5) is 19.5. The van der Waals surface area contributed by atoms with E-state index in [1.165, 1.54) is 10.7 Å². The zero-order valence-corrected chi connectivity index (χ0v) is 10.8. The number of nitrogens with one attached hydrogen (secondary N) is 1. The fourth-order valence-electron chi connectivity index (χ4n) is 1.36. The minimum Gasteiger partial charge on any atom is -0.348 e. The first-order valence-corrected chi connectivity index (χ1v) is 5.73. The third-order valence-electron chi connectivity index (χ3n) is 2.84. The van der Waals surface area contributed by atoms with E-state index in [9.17, 15) is 18.0 Å². The molecule has 0 bridgehead atoms. The summed E-state index contributed by atoms with van der Waals surface area (Å²) in [5.41, 5.74) is -2.47. The first kappa shape index (κ1) is 14.2. The van der Waals surface area contributed by atoms with Gasteiger partial charge in [0, 0.05) is 12.4 Å².